The minimum atomic E-state index is -3.83. The number of carbonyl (C=O) groups excluding carboxylic acids is 1. The van der Waals surface area contributed by atoms with E-state index in [-0.39, 0.29) is 10.6 Å². The molecule has 0 aliphatic heterocycles. The summed E-state index contributed by atoms with van der Waals surface area (Å²) in [6.45, 7) is 1.57. The third kappa shape index (κ3) is 2.81. The number of sulfonamides is 1. The number of carbonyl (C=O) groups is 1. The van der Waals surface area contributed by atoms with Crippen LogP contribution in [0.1, 0.15) is 16.1 Å². The second kappa shape index (κ2) is 4.99. The fraction of sp³-hybridized carbons (Fsp3) is 0.0833. The van der Waals surface area contributed by atoms with Gasteiger partial charge in [0.05, 0.1) is 4.90 Å². The van der Waals surface area contributed by atoms with Crippen molar-refractivity contribution < 1.29 is 13.2 Å². The molecule has 0 aliphatic carbocycles. The molecule has 1 heterocycles. The quantitative estimate of drug-likeness (QED) is 0.666. The lowest BCUT2D eigenvalue weighted by molar-refractivity contribution is 0.102. The van der Waals surface area contributed by atoms with Gasteiger partial charge in [-0.15, -0.1) is 0 Å². The molecule has 1 amide bonds. The van der Waals surface area contributed by atoms with Crippen LogP contribution >= 0.6 is 0 Å². The summed E-state index contributed by atoms with van der Waals surface area (Å²) in [5.41, 5.74) is 6.98. The van der Waals surface area contributed by atoms with Crippen LogP contribution in [0, 0.1) is 6.92 Å². The average molecular weight is 294 g/mol. The van der Waals surface area contributed by atoms with Crippen molar-refractivity contribution in [2.75, 3.05) is 11.1 Å². The molecular weight excluding hydrogens is 280 g/mol. The first-order valence-electron chi connectivity index (χ1n) is 5.66. The number of nitrogen functional groups attached to an aromatic ring is 1. The van der Waals surface area contributed by atoms with E-state index in [4.69, 9.17) is 10.9 Å². The number of benzene rings is 1. The maximum atomic E-state index is 12.0. The SMILES string of the molecule is Cc1c(NC(=O)c2cc(N)c[nH]2)cccc1S(N)(=O)=O. The van der Waals surface area contributed by atoms with Crippen molar-refractivity contribution in [1.29, 1.82) is 0 Å². The van der Waals surface area contributed by atoms with Crippen molar-refractivity contribution in [3.63, 3.8) is 0 Å². The van der Waals surface area contributed by atoms with E-state index < -0.39 is 15.9 Å². The Balaban J connectivity index is 2.33. The molecule has 1 aromatic carbocycles. The van der Waals surface area contributed by atoms with Crippen molar-refractivity contribution in [2.45, 2.75) is 11.8 Å². The summed E-state index contributed by atoms with van der Waals surface area (Å²) < 4.78 is 22.8. The molecule has 0 fully saturated rings. The van der Waals surface area contributed by atoms with Gasteiger partial charge in [-0.3, -0.25) is 4.79 Å². The first kappa shape index (κ1) is 14.1. The molecule has 0 saturated heterocycles. The Morgan fingerprint density at radius 3 is 2.60 bits per heavy atom. The first-order chi connectivity index (χ1) is 9.29. The van der Waals surface area contributed by atoms with Gasteiger partial charge >= 0.3 is 0 Å². The predicted octanol–water partition coefficient (Wildman–Crippen LogP) is 0.805. The molecule has 0 bridgehead atoms. The van der Waals surface area contributed by atoms with Gasteiger partial charge < -0.3 is 16.0 Å². The van der Waals surface area contributed by atoms with Gasteiger partial charge in [0.2, 0.25) is 10.0 Å². The third-order valence-electron chi connectivity index (χ3n) is 2.79. The van der Waals surface area contributed by atoms with Gasteiger partial charge in [-0.25, -0.2) is 13.6 Å². The minimum Gasteiger partial charge on any atom is -0.397 e. The molecule has 6 N–H and O–H groups in total. The summed E-state index contributed by atoms with van der Waals surface area (Å²) >= 11 is 0. The molecule has 0 atom stereocenters. The number of rotatable bonds is 3. The van der Waals surface area contributed by atoms with Gasteiger partial charge in [0.25, 0.3) is 5.91 Å². The highest BCUT2D eigenvalue weighted by Crippen LogP contribution is 2.22. The van der Waals surface area contributed by atoms with Crippen molar-refractivity contribution in [3.05, 3.63) is 41.7 Å². The largest absolute Gasteiger partial charge is 0.397 e. The molecule has 0 radical (unpaired) electrons. The molecule has 20 heavy (non-hydrogen) atoms. The monoisotopic (exact) mass is 294 g/mol. The highest BCUT2D eigenvalue weighted by molar-refractivity contribution is 7.89. The van der Waals surface area contributed by atoms with Crippen LogP contribution in [0.25, 0.3) is 0 Å². The van der Waals surface area contributed by atoms with E-state index in [9.17, 15) is 13.2 Å². The molecule has 2 aromatic rings. The lowest BCUT2D eigenvalue weighted by Gasteiger charge is -2.10. The Labute approximate surface area is 116 Å². The van der Waals surface area contributed by atoms with Gasteiger partial charge in [-0.05, 0) is 30.7 Å². The maximum Gasteiger partial charge on any atom is 0.272 e. The Bertz CT molecular complexity index is 765. The lowest BCUT2D eigenvalue weighted by atomic mass is 10.2. The molecule has 106 valence electrons. The van der Waals surface area contributed by atoms with Gasteiger partial charge in [-0.2, -0.15) is 0 Å². The smallest absolute Gasteiger partial charge is 0.272 e. The second-order valence-corrected chi connectivity index (χ2v) is 5.80. The van der Waals surface area contributed by atoms with E-state index >= 15 is 0 Å². The molecule has 0 saturated carbocycles. The molecule has 0 aliphatic rings. The Morgan fingerprint density at radius 2 is 2.05 bits per heavy atom. The molecule has 8 heteroatoms. The zero-order valence-corrected chi connectivity index (χ0v) is 11.5. The number of aromatic nitrogens is 1. The summed E-state index contributed by atoms with van der Waals surface area (Å²) in [7, 11) is -3.83. The molecule has 2 rings (SSSR count). The van der Waals surface area contributed by atoms with Crippen LogP contribution < -0.4 is 16.2 Å². The highest BCUT2D eigenvalue weighted by atomic mass is 32.2. The van der Waals surface area contributed by atoms with Crippen LogP contribution in [0.3, 0.4) is 0 Å². The van der Waals surface area contributed by atoms with Crippen LogP contribution in [-0.4, -0.2) is 19.3 Å². The second-order valence-electron chi connectivity index (χ2n) is 4.27. The number of hydrogen-bond donors (Lipinski definition) is 4. The fourth-order valence-corrected chi connectivity index (χ4v) is 2.59. The number of anilines is 2. The number of nitrogens with one attached hydrogen (secondary N) is 2. The Hall–Kier alpha value is -2.32. The highest BCUT2D eigenvalue weighted by Gasteiger charge is 2.16. The van der Waals surface area contributed by atoms with E-state index in [2.05, 4.69) is 10.3 Å². The van der Waals surface area contributed by atoms with E-state index in [1.807, 2.05) is 0 Å². The van der Waals surface area contributed by atoms with Crippen LogP contribution in [0.5, 0.6) is 0 Å². The van der Waals surface area contributed by atoms with E-state index in [1.165, 1.54) is 24.4 Å². The van der Waals surface area contributed by atoms with Crippen molar-refractivity contribution in [2.24, 2.45) is 5.14 Å². The Kier molecular flexibility index (Phi) is 3.51. The maximum absolute atomic E-state index is 12.0. The average Bonchev–Trinajstić information content (AvgIpc) is 2.77. The van der Waals surface area contributed by atoms with Gasteiger partial charge in [-0.1, -0.05) is 6.07 Å². The molecule has 0 spiro atoms. The predicted molar refractivity (Wildman–Crippen MR) is 75.7 cm³/mol. The summed E-state index contributed by atoms with van der Waals surface area (Å²) in [6, 6.07) is 5.96. The van der Waals surface area contributed by atoms with E-state index in [1.54, 1.807) is 13.0 Å². The van der Waals surface area contributed by atoms with Gasteiger partial charge in [0.15, 0.2) is 0 Å². The van der Waals surface area contributed by atoms with E-state index in [0.29, 0.717) is 16.9 Å². The molecule has 0 unspecified atom stereocenters. The normalized spacial score (nSPS) is 11.3. The van der Waals surface area contributed by atoms with Crippen LogP contribution in [-0.2, 0) is 10.0 Å². The number of aromatic amines is 1. The van der Waals surface area contributed by atoms with Crippen LogP contribution in [0.4, 0.5) is 11.4 Å². The third-order valence-corrected chi connectivity index (χ3v) is 3.84. The minimum absolute atomic E-state index is 0.0266. The zero-order valence-electron chi connectivity index (χ0n) is 10.7. The first-order valence-corrected chi connectivity index (χ1v) is 7.21. The van der Waals surface area contributed by atoms with Crippen LogP contribution in [0.2, 0.25) is 0 Å². The molecule has 1 aromatic heterocycles. The summed E-state index contributed by atoms with van der Waals surface area (Å²) in [4.78, 5) is 14.6. The van der Waals surface area contributed by atoms with Crippen molar-refractivity contribution in [3.8, 4) is 0 Å². The molecule has 7 nitrogen and oxygen atoms in total. The summed E-state index contributed by atoms with van der Waals surface area (Å²) in [6.07, 6.45) is 1.49. The van der Waals surface area contributed by atoms with E-state index in [0.717, 1.165) is 0 Å². The summed E-state index contributed by atoms with van der Waals surface area (Å²) in [5, 5.41) is 7.72. The zero-order chi connectivity index (χ0) is 14.9. The number of nitrogens with two attached hydrogens (primary N) is 2. The lowest BCUT2D eigenvalue weighted by Crippen LogP contribution is -2.17. The molecular formula is C12H14N4O3S. The standard InChI is InChI=1S/C12H14N4O3S/c1-7-9(3-2-4-11(7)20(14,18)19)16-12(17)10-5-8(13)6-15-10/h2-6,15H,13H2,1H3,(H,16,17)(H2,14,18,19). The van der Waals surface area contributed by atoms with Crippen LogP contribution in [0.15, 0.2) is 35.4 Å². The topological polar surface area (TPSA) is 131 Å². The number of primary sulfonamides is 1. The van der Waals surface area contributed by atoms with Crippen molar-refractivity contribution >= 4 is 27.3 Å². The fourth-order valence-electron chi connectivity index (χ4n) is 1.79. The van der Waals surface area contributed by atoms with Gasteiger partial charge in [0, 0.05) is 17.6 Å². The van der Waals surface area contributed by atoms with Gasteiger partial charge in [0.1, 0.15) is 5.69 Å². The Morgan fingerprint density at radius 1 is 1.35 bits per heavy atom. The number of H-pyrrole nitrogens is 1. The number of hydrogen-bond acceptors (Lipinski definition) is 4. The van der Waals surface area contributed by atoms with Crippen molar-refractivity contribution in [1.82, 2.24) is 4.98 Å². The number of amides is 1. The summed E-state index contributed by atoms with van der Waals surface area (Å²) in [5.74, 6) is -0.420.